The second kappa shape index (κ2) is 6.87. The molecule has 0 atom stereocenters. The average Bonchev–Trinajstić information content (AvgIpc) is 3.36. The Hall–Kier alpha value is -2.99. The van der Waals surface area contributed by atoms with Gasteiger partial charge in [-0.3, -0.25) is 4.79 Å². The Balaban J connectivity index is 1.49. The molecular formula is C22H20N4OS. The first-order valence-electron chi connectivity index (χ1n) is 9.49. The van der Waals surface area contributed by atoms with Crippen molar-refractivity contribution >= 4 is 33.3 Å². The number of para-hydroxylation sites is 1. The molecule has 0 aliphatic heterocycles. The molecule has 1 aliphatic carbocycles. The number of thiazole rings is 1. The van der Waals surface area contributed by atoms with Gasteiger partial charge in [0.15, 0.2) is 0 Å². The summed E-state index contributed by atoms with van der Waals surface area (Å²) < 4.78 is 2.94. The van der Waals surface area contributed by atoms with Crippen molar-refractivity contribution in [2.75, 3.05) is 5.32 Å². The first-order chi connectivity index (χ1) is 13.7. The molecule has 5 nitrogen and oxygen atoms in total. The quantitative estimate of drug-likeness (QED) is 0.561. The second-order valence-corrected chi connectivity index (χ2v) is 8.23. The van der Waals surface area contributed by atoms with Crippen molar-refractivity contribution in [3.8, 4) is 5.13 Å². The van der Waals surface area contributed by atoms with Crippen LogP contribution in [0.4, 0.5) is 5.82 Å². The molecule has 5 rings (SSSR count). The zero-order chi connectivity index (χ0) is 19.1. The van der Waals surface area contributed by atoms with Crippen molar-refractivity contribution in [1.29, 1.82) is 0 Å². The van der Waals surface area contributed by atoms with Crippen molar-refractivity contribution in [3.63, 3.8) is 0 Å². The smallest absolute Gasteiger partial charge is 0.229 e. The highest BCUT2D eigenvalue weighted by atomic mass is 32.1. The third-order valence-corrected chi connectivity index (χ3v) is 6.09. The molecule has 6 heteroatoms. The Morgan fingerprint density at radius 1 is 1.18 bits per heavy atom. The number of aryl methyl sites for hydroxylation is 2. The van der Waals surface area contributed by atoms with Gasteiger partial charge in [0.25, 0.3) is 0 Å². The van der Waals surface area contributed by atoms with Gasteiger partial charge in [0.1, 0.15) is 5.82 Å². The number of anilines is 1. The van der Waals surface area contributed by atoms with Gasteiger partial charge in [-0.05, 0) is 43.9 Å². The van der Waals surface area contributed by atoms with Gasteiger partial charge in [-0.2, -0.15) is 9.78 Å². The number of carbonyl (C=O) groups excluding carboxylic acids is 1. The van der Waals surface area contributed by atoms with Crippen molar-refractivity contribution in [2.24, 2.45) is 0 Å². The summed E-state index contributed by atoms with van der Waals surface area (Å²) in [6.07, 6.45) is 3.33. The molecule has 2 aromatic heterocycles. The molecule has 2 aromatic carbocycles. The van der Waals surface area contributed by atoms with Crippen LogP contribution in [0.15, 0.2) is 48.5 Å². The van der Waals surface area contributed by atoms with Crippen LogP contribution >= 0.6 is 11.3 Å². The molecule has 0 spiro atoms. The predicted octanol–water partition coefficient (Wildman–Crippen LogP) is 4.46. The zero-order valence-electron chi connectivity index (χ0n) is 15.6. The molecule has 0 bridgehead atoms. The number of hydrogen-bond donors (Lipinski definition) is 1. The van der Waals surface area contributed by atoms with E-state index in [0.29, 0.717) is 6.42 Å². The maximum Gasteiger partial charge on any atom is 0.229 e. The molecule has 1 aliphatic rings. The van der Waals surface area contributed by atoms with Crippen LogP contribution in [0.1, 0.15) is 28.8 Å². The van der Waals surface area contributed by atoms with E-state index in [0.717, 1.165) is 62.8 Å². The topological polar surface area (TPSA) is 59.8 Å². The fourth-order valence-corrected chi connectivity index (χ4v) is 4.72. The number of rotatable bonds is 4. The van der Waals surface area contributed by atoms with E-state index in [4.69, 9.17) is 10.1 Å². The standard InChI is InChI=1S/C22H20N4OS/c1-14-6-4-7-15(12-14)13-20(27)24-21-16-8-5-10-17(16)25-26(21)22-23-18-9-2-3-11-19(18)28-22/h2-4,6-7,9,11-12H,5,8,10,13H2,1H3,(H,24,27). The Labute approximate surface area is 167 Å². The van der Waals surface area contributed by atoms with Gasteiger partial charge >= 0.3 is 0 Å². The lowest BCUT2D eigenvalue weighted by Crippen LogP contribution is -2.18. The van der Waals surface area contributed by atoms with E-state index >= 15 is 0 Å². The van der Waals surface area contributed by atoms with E-state index in [-0.39, 0.29) is 5.91 Å². The van der Waals surface area contributed by atoms with Crippen LogP contribution in [0.5, 0.6) is 0 Å². The average molecular weight is 388 g/mol. The maximum absolute atomic E-state index is 12.8. The van der Waals surface area contributed by atoms with Crippen LogP contribution in [0.3, 0.4) is 0 Å². The minimum Gasteiger partial charge on any atom is -0.310 e. The van der Waals surface area contributed by atoms with Crippen LogP contribution in [0.25, 0.3) is 15.3 Å². The first kappa shape index (κ1) is 17.1. The van der Waals surface area contributed by atoms with Crippen LogP contribution in [0.2, 0.25) is 0 Å². The number of aromatic nitrogens is 3. The van der Waals surface area contributed by atoms with Gasteiger partial charge in [0, 0.05) is 5.56 Å². The fraction of sp³-hybridized carbons (Fsp3) is 0.227. The number of fused-ring (bicyclic) bond motifs is 2. The lowest BCUT2D eigenvalue weighted by molar-refractivity contribution is -0.115. The molecule has 0 saturated carbocycles. The van der Waals surface area contributed by atoms with Crippen molar-refractivity contribution in [2.45, 2.75) is 32.6 Å². The maximum atomic E-state index is 12.8. The number of nitrogens with zero attached hydrogens (tertiary/aromatic N) is 3. The van der Waals surface area contributed by atoms with E-state index in [1.807, 2.05) is 48.0 Å². The Kier molecular flexibility index (Phi) is 4.20. The van der Waals surface area contributed by atoms with E-state index in [2.05, 4.69) is 17.4 Å². The van der Waals surface area contributed by atoms with Gasteiger partial charge in [-0.15, -0.1) is 0 Å². The molecule has 1 N–H and O–H groups in total. The molecule has 2 heterocycles. The summed E-state index contributed by atoms with van der Waals surface area (Å²) in [4.78, 5) is 17.5. The summed E-state index contributed by atoms with van der Waals surface area (Å²) in [7, 11) is 0. The number of hydrogen-bond acceptors (Lipinski definition) is 4. The number of carbonyl (C=O) groups is 1. The molecule has 0 saturated heterocycles. The minimum atomic E-state index is -0.0254. The summed E-state index contributed by atoms with van der Waals surface area (Å²) >= 11 is 1.59. The Morgan fingerprint density at radius 2 is 2.07 bits per heavy atom. The van der Waals surface area contributed by atoms with Gasteiger partial charge < -0.3 is 5.32 Å². The van der Waals surface area contributed by atoms with Crippen LogP contribution in [-0.4, -0.2) is 20.7 Å². The number of amides is 1. The summed E-state index contributed by atoms with van der Waals surface area (Å²) in [6.45, 7) is 2.04. The van der Waals surface area contributed by atoms with E-state index in [9.17, 15) is 4.79 Å². The van der Waals surface area contributed by atoms with Crippen LogP contribution in [-0.2, 0) is 24.1 Å². The molecule has 4 aromatic rings. The summed E-state index contributed by atoms with van der Waals surface area (Å²) in [5.74, 6) is 0.756. The lowest BCUT2D eigenvalue weighted by atomic mass is 10.1. The third kappa shape index (κ3) is 3.10. The highest BCUT2D eigenvalue weighted by Gasteiger charge is 2.25. The molecule has 1 amide bonds. The molecule has 0 unspecified atom stereocenters. The van der Waals surface area contributed by atoms with Gasteiger partial charge in [-0.25, -0.2) is 4.98 Å². The summed E-state index contributed by atoms with van der Waals surface area (Å²) in [6, 6.07) is 16.1. The highest BCUT2D eigenvalue weighted by Crippen LogP contribution is 2.33. The third-order valence-electron chi connectivity index (χ3n) is 5.08. The molecular weight excluding hydrogens is 368 g/mol. The molecule has 28 heavy (non-hydrogen) atoms. The van der Waals surface area contributed by atoms with Crippen molar-refractivity contribution in [1.82, 2.24) is 14.8 Å². The van der Waals surface area contributed by atoms with Gasteiger partial charge in [0.05, 0.1) is 22.3 Å². The first-order valence-corrected chi connectivity index (χ1v) is 10.3. The number of benzene rings is 2. The highest BCUT2D eigenvalue weighted by molar-refractivity contribution is 7.20. The van der Waals surface area contributed by atoms with Gasteiger partial charge in [-0.1, -0.05) is 53.3 Å². The van der Waals surface area contributed by atoms with Crippen LogP contribution < -0.4 is 5.32 Å². The second-order valence-electron chi connectivity index (χ2n) is 7.22. The largest absolute Gasteiger partial charge is 0.310 e. The van der Waals surface area contributed by atoms with Gasteiger partial charge in [0.2, 0.25) is 11.0 Å². The SMILES string of the molecule is Cc1cccc(CC(=O)Nc2c3c(nn2-c2nc4ccccc4s2)CCC3)c1. The molecule has 0 radical (unpaired) electrons. The van der Waals surface area contributed by atoms with Crippen LogP contribution in [0, 0.1) is 6.92 Å². The van der Waals surface area contributed by atoms with E-state index in [1.54, 1.807) is 11.3 Å². The van der Waals surface area contributed by atoms with E-state index in [1.165, 1.54) is 0 Å². The Morgan fingerprint density at radius 3 is 2.93 bits per heavy atom. The van der Waals surface area contributed by atoms with E-state index < -0.39 is 0 Å². The zero-order valence-corrected chi connectivity index (χ0v) is 16.4. The van der Waals surface area contributed by atoms with Crippen molar-refractivity contribution in [3.05, 3.63) is 70.9 Å². The normalized spacial score (nSPS) is 13.0. The lowest BCUT2D eigenvalue weighted by Gasteiger charge is -2.09. The van der Waals surface area contributed by atoms with Crippen molar-refractivity contribution < 1.29 is 4.79 Å². The minimum absolute atomic E-state index is 0.0254. The molecule has 140 valence electrons. The number of nitrogens with one attached hydrogen (secondary N) is 1. The Bertz CT molecular complexity index is 1160. The monoisotopic (exact) mass is 388 g/mol. The summed E-state index contributed by atoms with van der Waals surface area (Å²) in [5.41, 5.74) is 5.35. The fourth-order valence-electron chi connectivity index (χ4n) is 3.79. The summed E-state index contributed by atoms with van der Waals surface area (Å²) in [5, 5.41) is 8.70. The molecule has 0 fully saturated rings. The predicted molar refractivity (Wildman–Crippen MR) is 112 cm³/mol.